The number of fused-ring (bicyclic) bond motifs is 2. The average Bonchev–Trinajstić information content (AvgIpc) is 3.32. The zero-order valence-corrected chi connectivity index (χ0v) is 25.0. The molecule has 1 aliphatic carbocycles. The van der Waals surface area contributed by atoms with Crippen molar-refractivity contribution in [2.24, 2.45) is 0 Å². The zero-order chi connectivity index (χ0) is 33.8. The van der Waals surface area contributed by atoms with E-state index in [1.807, 2.05) is 45.0 Å². The fraction of sp³-hybridized carbons (Fsp3) is 0.276. The number of carbonyl (C=O) groups is 5. The summed E-state index contributed by atoms with van der Waals surface area (Å²) < 4.78 is 2.63. The van der Waals surface area contributed by atoms with Gasteiger partial charge in [0.25, 0.3) is 0 Å². The molecule has 240 valence electrons. The summed E-state index contributed by atoms with van der Waals surface area (Å²) in [7, 11) is 8.07. The minimum atomic E-state index is -1.26. The van der Waals surface area contributed by atoms with E-state index < -0.39 is 23.9 Å². The first-order chi connectivity index (χ1) is 21.1. The van der Waals surface area contributed by atoms with Gasteiger partial charge in [-0.3, -0.25) is 9.48 Å². The molecule has 1 aromatic carbocycles. The second kappa shape index (κ2) is 16.3. The second-order valence-electron chi connectivity index (χ2n) is 9.97. The number of carbonyl (C=O) groups excluding carboxylic acids is 1. The van der Waals surface area contributed by atoms with Crippen LogP contribution in [-0.4, -0.2) is 117 Å². The molecular formula is C29H34N6O10. The summed E-state index contributed by atoms with van der Waals surface area (Å²) in [6, 6.07) is 5.66. The molecule has 2 heterocycles. The fourth-order valence-corrected chi connectivity index (χ4v) is 4.01. The standard InChI is InChI=1S/C21H26N6O2.2C4H4O4/c1-24(2)10-8-22-16-5-6-17-19-18(16)21(28)15-13-26(29)9-7-14(15)20(19)23-27(17)12-11-25(3)4;2*5-3(6)1-2-4(7)8/h5-7,9,13,22H,8,10-12H2,1-4H3;2*1-2H,(H,5,6)(H,7,8)/b;2*2-1-. The number of nitrogens with zero attached hydrogens (tertiary/aromatic N) is 5. The largest absolute Gasteiger partial charge is 0.619 e. The van der Waals surface area contributed by atoms with E-state index in [-0.39, 0.29) is 5.78 Å². The highest BCUT2D eigenvalue weighted by molar-refractivity contribution is 6.27. The fourth-order valence-electron chi connectivity index (χ4n) is 4.01. The number of anilines is 1. The van der Waals surface area contributed by atoms with Crippen molar-refractivity contribution in [3.05, 3.63) is 71.2 Å². The van der Waals surface area contributed by atoms with Gasteiger partial charge in [-0.2, -0.15) is 9.83 Å². The monoisotopic (exact) mass is 626 g/mol. The maximum atomic E-state index is 13.4. The summed E-state index contributed by atoms with van der Waals surface area (Å²) in [5.41, 5.74) is 4.20. The maximum Gasteiger partial charge on any atom is 0.328 e. The number of benzene rings is 1. The van der Waals surface area contributed by atoms with Gasteiger partial charge in [-0.25, -0.2) is 19.2 Å². The number of pyridine rings is 1. The normalized spacial score (nSPS) is 11.6. The smallest absolute Gasteiger partial charge is 0.328 e. The molecule has 3 aromatic rings. The minimum absolute atomic E-state index is 0.136. The predicted molar refractivity (Wildman–Crippen MR) is 162 cm³/mol. The predicted octanol–water partition coefficient (Wildman–Crippen LogP) is 0.840. The van der Waals surface area contributed by atoms with Crippen LogP contribution in [0.1, 0.15) is 15.9 Å². The number of carboxylic acid groups (broad SMARTS) is 4. The lowest BCUT2D eigenvalue weighted by Crippen LogP contribution is -2.28. The third kappa shape index (κ3) is 10.6. The van der Waals surface area contributed by atoms with E-state index in [2.05, 4.69) is 15.1 Å². The summed E-state index contributed by atoms with van der Waals surface area (Å²) in [6.45, 7) is 3.11. The topological polar surface area (TPSA) is 230 Å². The Hall–Kier alpha value is -5.61. The number of hydrogen-bond acceptors (Lipinski definition) is 10. The number of aromatic nitrogens is 3. The van der Waals surface area contributed by atoms with Crippen LogP contribution in [0.25, 0.3) is 22.2 Å². The number of likely N-dealkylation sites (N-methyl/N-ethyl adjacent to an activating group) is 2. The van der Waals surface area contributed by atoms with E-state index in [0.29, 0.717) is 58.8 Å². The molecule has 4 rings (SSSR count). The summed E-state index contributed by atoms with van der Waals surface area (Å²) in [5.74, 6) is -5.16. The van der Waals surface area contributed by atoms with Crippen molar-refractivity contribution in [3.63, 3.8) is 0 Å². The third-order valence-corrected chi connectivity index (χ3v) is 5.95. The van der Waals surface area contributed by atoms with Crippen LogP contribution in [0.4, 0.5) is 5.69 Å². The summed E-state index contributed by atoms with van der Waals surface area (Å²) in [6.07, 6.45) is 5.00. The van der Waals surface area contributed by atoms with E-state index in [1.54, 1.807) is 6.07 Å². The van der Waals surface area contributed by atoms with Gasteiger partial charge in [0.05, 0.1) is 23.2 Å². The van der Waals surface area contributed by atoms with E-state index in [4.69, 9.17) is 25.5 Å². The van der Waals surface area contributed by atoms with Crippen molar-refractivity contribution in [2.45, 2.75) is 6.54 Å². The second-order valence-corrected chi connectivity index (χ2v) is 9.97. The van der Waals surface area contributed by atoms with Gasteiger partial charge in [-0.05, 0) is 40.3 Å². The average molecular weight is 627 g/mol. The molecule has 0 radical (unpaired) electrons. The number of ketones is 1. The summed E-state index contributed by atoms with van der Waals surface area (Å²) in [5, 5.41) is 52.2. The molecule has 0 bridgehead atoms. The van der Waals surface area contributed by atoms with Crippen molar-refractivity contribution in [1.82, 2.24) is 19.6 Å². The van der Waals surface area contributed by atoms with Gasteiger partial charge >= 0.3 is 23.9 Å². The van der Waals surface area contributed by atoms with Crippen LogP contribution in [0.15, 0.2) is 54.9 Å². The van der Waals surface area contributed by atoms with Crippen LogP contribution in [0.3, 0.4) is 0 Å². The number of nitrogens with one attached hydrogen (secondary N) is 1. The number of aliphatic carboxylic acids is 4. The van der Waals surface area contributed by atoms with E-state index in [9.17, 15) is 29.2 Å². The Labute approximate surface area is 257 Å². The van der Waals surface area contributed by atoms with Gasteiger partial charge < -0.3 is 40.7 Å². The molecule has 45 heavy (non-hydrogen) atoms. The molecule has 0 spiro atoms. The first-order valence-corrected chi connectivity index (χ1v) is 13.2. The van der Waals surface area contributed by atoms with Crippen molar-refractivity contribution < 1.29 is 49.1 Å². The molecule has 1 aliphatic rings. The van der Waals surface area contributed by atoms with Crippen LogP contribution in [0.5, 0.6) is 0 Å². The van der Waals surface area contributed by atoms with E-state index >= 15 is 0 Å². The van der Waals surface area contributed by atoms with Crippen LogP contribution in [0.2, 0.25) is 0 Å². The minimum Gasteiger partial charge on any atom is -0.619 e. The highest BCUT2D eigenvalue weighted by atomic mass is 16.5. The first-order valence-electron chi connectivity index (χ1n) is 13.2. The highest BCUT2D eigenvalue weighted by Gasteiger charge is 2.32. The molecule has 0 fully saturated rings. The molecular weight excluding hydrogens is 592 g/mol. The van der Waals surface area contributed by atoms with Gasteiger partial charge in [-0.15, -0.1) is 0 Å². The van der Waals surface area contributed by atoms with Gasteiger partial charge in [0, 0.05) is 66.6 Å². The van der Waals surface area contributed by atoms with Crippen molar-refractivity contribution in [2.75, 3.05) is 53.1 Å². The van der Waals surface area contributed by atoms with Crippen LogP contribution in [-0.2, 0) is 25.7 Å². The SMILES string of the molecule is CN(C)CCNc1ccc2c3c(nn2CCN(C)C)-c2cc[n+]([O-])cc2C(=O)c13.O=C(O)/C=C\C(=O)O.O=C(O)/C=C\C(=O)O. The van der Waals surface area contributed by atoms with Crippen molar-refractivity contribution >= 4 is 46.3 Å². The molecule has 0 saturated heterocycles. The quantitative estimate of drug-likeness (QED) is 0.0883. The van der Waals surface area contributed by atoms with Crippen LogP contribution < -0.4 is 10.0 Å². The van der Waals surface area contributed by atoms with E-state index in [0.717, 1.165) is 35.4 Å². The van der Waals surface area contributed by atoms with Gasteiger partial charge in [0.15, 0.2) is 12.4 Å². The molecule has 16 nitrogen and oxygen atoms in total. The zero-order valence-electron chi connectivity index (χ0n) is 25.0. The Kier molecular flexibility index (Phi) is 12.9. The van der Waals surface area contributed by atoms with Crippen molar-refractivity contribution in [3.8, 4) is 11.3 Å². The molecule has 0 atom stereocenters. The lowest BCUT2D eigenvalue weighted by Gasteiger charge is -2.19. The Bertz CT molecular complexity index is 1580. The summed E-state index contributed by atoms with van der Waals surface area (Å²) >= 11 is 0. The Morgan fingerprint density at radius 2 is 1.40 bits per heavy atom. The Balaban J connectivity index is 0.000000365. The number of hydrogen-bond donors (Lipinski definition) is 5. The lowest BCUT2D eigenvalue weighted by atomic mass is 9.87. The molecule has 0 aliphatic heterocycles. The third-order valence-electron chi connectivity index (χ3n) is 5.95. The van der Waals surface area contributed by atoms with Gasteiger partial charge in [-0.1, -0.05) is 0 Å². The molecule has 5 N–H and O–H groups in total. The highest BCUT2D eigenvalue weighted by Crippen LogP contribution is 2.41. The lowest BCUT2D eigenvalue weighted by molar-refractivity contribution is -0.605. The number of carboxylic acids is 4. The van der Waals surface area contributed by atoms with Gasteiger partial charge in [0.2, 0.25) is 5.78 Å². The Morgan fingerprint density at radius 3 is 1.89 bits per heavy atom. The molecule has 2 aromatic heterocycles. The first kappa shape index (κ1) is 35.6. The molecule has 16 heteroatoms. The Morgan fingerprint density at radius 1 is 0.867 bits per heavy atom. The maximum absolute atomic E-state index is 13.4. The van der Waals surface area contributed by atoms with Gasteiger partial charge in [0.1, 0.15) is 5.69 Å². The van der Waals surface area contributed by atoms with Crippen LogP contribution in [0, 0.1) is 5.21 Å². The molecule has 0 amide bonds. The molecule has 0 unspecified atom stereocenters. The van der Waals surface area contributed by atoms with Crippen molar-refractivity contribution in [1.29, 1.82) is 0 Å². The van der Waals surface area contributed by atoms with E-state index in [1.165, 1.54) is 12.4 Å². The molecule has 0 saturated carbocycles. The van der Waals surface area contributed by atoms with Crippen LogP contribution >= 0.6 is 0 Å². The number of rotatable bonds is 11. The summed E-state index contributed by atoms with van der Waals surface area (Å²) in [4.78, 5) is 55.8.